The van der Waals surface area contributed by atoms with Crippen LogP contribution in [0.2, 0.25) is 0 Å². The summed E-state index contributed by atoms with van der Waals surface area (Å²) in [5.74, 6) is -5.41. The van der Waals surface area contributed by atoms with Crippen LogP contribution in [0.4, 0.5) is 0 Å². The summed E-state index contributed by atoms with van der Waals surface area (Å²) >= 11 is 0. The van der Waals surface area contributed by atoms with Gasteiger partial charge in [0, 0.05) is 13.0 Å². The average Bonchev–Trinajstić information content (AvgIpc) is 3.33. The van der Waals surface area contributed by atoms with E-state index < -0.39 is 78.3 Å². The zero-order chi connectivity index (χ0) is 30.7. The van der Waals surface area contributed by atoms with Crippen molar-refractivity contribution in [2.75, 3.05) is 6.54 Å². The number of amides is 4. The largest absolute Gasteiger partial charge is 0.481 e. The van der Waals surface area contributed by atoms with Gasteiger partial charge in [0.15, 0.2) is 0 Å². The molecule has 1 aliphatic heterocycles. The highest BCUT2D eigenvalue weighted by atomic mass is 16.4. The normalized spacial score (nSPS) is 18.9. The Morgan fingerprint density at radius 1 is 0.850 bits per heavy atom. The van der Waals surface area contributed by atoms with E-state index in [2.05, 4.69) is 16.0 Å². The molecule has 8 N–H and O–H groups in total. The van der Waals surface area contributed by atoms with Crippen LogP contribution in [-0.2, 0) is 28.8 Å². The zero-order valence-corrected chi connectivity index (χ0v) is 23.9. The Morgan fingerprint density at radius 3 is 1.93 bits per heavy atom. The van der Waals surface area contributed by atoms with Gasteiger partial charge in [-0.1, -0.05) is 27.7 Å². The summed E-state index contributed by atoms with van der Waals surface area (Å²) in [6.07, 6.45) is -0.938. The number of carboxylic acids is 2. The first kappa shape index (κ1) is 34.8. The molecule has 14 nitrogen and oxygen atoms in total. The molecule has 1 heterocycles. The van der Waals surface area contributed by atoms with Crippen LogP contribution < -0.4 is 21.7 Å². The number of nitrogens with two attached hydrogens (primary N) is 1. The lowest BCUT2D eigenvalue weighted by atomic mass is 10.0. The van der Waals surface area contributed by atoms with Crippen LogP contribution in [0.25, 0.3) is 0 Å². The minimum absolute atomic E-state index is 0.0722. The first-order chi connectivity index (χ1) is 18.5. The van der Waals surface area contributed by atoms with E-state index in [0.29, 0.717) is 12.8 Å². The Labute approximate surface area is 234 Å². The fraction of sp³-hybridized carbons (Fsp3) is 0.769. The molecule has 0 saturated carbocycles. The second-order valence-corrected chi connectivity index (χ2v) is 11.2. The number of rotatable bonds is 16. The van der Waals surface area contributed by atoms with Crippen molar-refractivity contribution in [2.45, 2.75) is 109 Å². The van der Waals surface area contributed by atoms with Gasteiger partial charge in [-0.05, 0) is 50.9 Å². The number of aliphatic hydroxyl groups excluding tert-OH is 1. The number of carbonyl (C=O) groups excluding carboxylic acids is 4. The number of hydrogen-bond donors (Lipinski definition) is 7. The van der Waals surface area contributed by atoms with E-state index in [-0.39, 0.29) is 37.6 Å². The van der Waals surface area contributed by atoms with E-state index in [1.165, 1.54) is 11.8 Å². The molecule has 40 heavy (non-hydrogen) atoms. The molecule has 228 valence electrons. The van der Waals surface area contributed by atoms with E-state index in [0.717, 1.165) is 0 Å². The lowest BCUT2D eigenvalue weighted by molar-refractivity contribution is -0.149. The van der Waals surface area contributed by atoms with Crippen molar-refractivity contribution in [2.24, 2.45) is 17.6 Å². The Kier molecular flexibility index (Phi) is 14.0. The van der Waals surface area contributed by atoms with Gasteiger partial charge in [-0.15, -0.1) is 0 Å². The van der Waals surface area contributed by atoms with Crippen LogP contribution in [0.1, 0.15) is 73.1 Å². The molecule has 1 fully saturated rings. The molecule has 1 aliphatic rings. The van der Waals surface area contributed by atoms with Crippen LogP contribution in [0.5, 0.6) is 0 Å². The van der Waals surface area contributed by atoms with Crippen molar-refractivity contribution in [3.05, 3.63) is 0 Å². The maximum atomic E-state index is 13.3. The van der Waals surface area contributed by atoms with E-state index in [1.54, 1.807) is 0 Å². The molecule has 0 bridgehead atoms. The number of carbonyl (C=O) groups is 6. The van der Waals surface area contributed by atoms with E-state index in [9.17, 15) is 39.0 Å². The predicted octanol–water partition coefficient (Wildman–Crippen LogP) is -0.818. The van der Waals surface area contributed by atoms with Gasteiger partial charge in [0.1, 0.15) is 24.2 Å². The average molecular weight is 572 g/mol. The quantitative estimate of drug-likeness (QED) is 0.122. The summed E-state index contributed by atoms with van der Waals surface area (Å²) in [6.45, 7) is 8.83. The molecule has 0 spiro atoms. The summed E-state index contributed by atoms with van der Waals surface area (Å²) in [6, 6.07) is -5.98. The molecule has 1 saturated heterocycles. The molecule has 0 aromatic rings. The van der Waals surface area contributed by atoms with E-state index in [1.807, 2.05) is 27.7 Å². The van der Waals surface area contributed by atoms with Crippen molar-refractivity contribution < 1.29 is 44.1 Å². The van der Waals surface area contributed by atoms with Crippen LogP contribution in [0.15, 0.2) is 0 Å². The monoisotopic (exact) mass is 571 g/mol. The number of carboxylic acid groups (broad SMARTS) is 2. The Balaban J connectivity index is 3.13. The van der Waals surface area contributed by atoms with Crippen molar-refractivity contribution in [3.8, 4) is 0 Å². The van der Waals surface area contributed by atoms with Crippen LogP contribution in [-0.4, -0.2) is 98.6 Å². The summed E-state index contributed by atoms with van der Waals surface area (Å²) in [5.41, 5.74) is 5.87. The molecule has 14 heteroatoms. The number of hydrogen-bond acceptors (Lipinski definition) is 8. The second-order valence-electron chi connectivity index (χ2n) is 11.2. The van der Waals surface area contributed by atoms with Gasteiger partial charge < -0.3 is 41.9 Å². The van der Waals surface area contributed by atoms with Gasteiger partial charge in [-0.3, -0.25) is 24.0 Å². The van der Waals surface area contributed by atoms with Crippen LogP contribution in [0.3, 0.4) is 0 Å². The summed E-state index contributed by atoms with van der Waals surface area (Å²) in [7, 11) is 0. The smallest absolute Gasteiger partial charge is 0.326 e. The summed E-state index contributed by atoms with van der Waals surface area (Å²) in [4.78, 5) is 76.2. The highest BCUT2D eigenvalue weighted by Gasteiger charge is 2.39. The standard InChI is InChI=1S/C26H45N5O9/c1-13(2)11-16(27)22(35)30-21(15(5)32)24(37)28-17(8-9-20(33)34)23(36)29-18(12-14(3)4)25(38)31-10-6-7-19(31)26(39)40/h13-19,21,32H,6-12,27H2,1-5H3,(H,28,37)(H,29,36)(H,30,35)(H,33,34)(H,39,40)/t15-,16+,17+,18+,19+,21+/m1/s1. The summed E-state index contributed by atoms with van der Waals surface area (Å²) < 4.78 is 0. The van der Waals surface area contributed by atoms with Gasteiger partial charge in [-0.2, -0.15) is 0 Å². The van der Waals surface area contributed by atoms with Crippen molar-refractivity contribution in [1.82, 2.24) is 20.9 Å². The SMILES string of the molecule is CC(C)C[C@H](NC(=O)[C@H](CCC(=O)O)NC(=O)[C@@H](NC(=O)[C@@H](N)CC(C)C)[C@@H](C)O)C(=O)N1CCC[C@H]1C(=O)O. The van der Waals surface area contributed by atoms with Crippen molar-refractivity contribution >= 4 is 35.6 Å². The molecule has 0 radical (unpaired) electrons. The molecule has 1 rings (SSSR count). The molecule has 0 aromatic carbocycles. The second kappa shape index (κ2) is 16.1. The van der Waals surface area contributed by atoms with Crippen molar-refractivity contribution in [1.29, 1.82) is 0 Å². The lowest BCUT2D eigenvalue weighted by Gasteiger charge is -2.30. The third kappa shape index (κ3) is 11.1. The third-order valence-corrected chi connectivity index (χ3v) is 6.55. The third-order valence-electron chi connectivity index (χ3n) is 6.55. The fourth-order valence-electron chi connectivity index (χ4n) is 4.53. The Bertz CT molecular complexity index is 924. The maximum absolute atomic E-state index is 13.3. The highest BCUT2D eigenvalue weighted by Crippen LogP contribution is 2.20. The molecule has 4 amide bonds. The van der Waals surface area contributed by atoms with Gasteiger partial charge >= 0.3 is 11.9 Å². The fourth-order valence-corrected chi connectivity index (χ4v) is 4.53. The van der Waals surface area contributed by atoms with Gasteiger partial charge in [-0.25, -0.2) is 4.79 Å². The molecule has 0 aliphatic carbocycles. The Morgan fingerprint density at radius 2 is 1.43 bits per heavy atom. The first-order valence-corrected chi connectivity index (χ1v) is 13.6. The number of aliphatic carboxylic acids is 2. The van der Waals surface area contributed by atoms with Gasteiger partial charge in [0.2, 0.25) is 23.6 Å². The van der Waals surface area contributed by atoms with Gasteiger partial charge in [0.05, 0.1) is 12.1 Å². The lowest BCUT2D eigenvalue weighted by Crippen LogP contribution is -2.60. The summed E-state index contributed by atoms with van der Waals surface area (Å²) in [5, 5.41) is 36.1. The van der Waals surface area contributed by atoms with E-state index in [4.69, 9.17) is 10.8 Å². The molecule has 6 atom stereocenters. The van der Waals surface area contributed by atoms with Crippen LogP contribution >= 0.6 is 0 Å². The minimum Gasteiger partial charge on any atom is -0.481 e. The number of likely N-dealkylation sites (tertiary alicyclic amines) is 1. The van der Waals surface area contributed by atoms with Crippen molar-refractivity contribution in [3.63, 3.8) is 0 Å². The molecular formula is C26H45N5O9. The molecular weight excluding hydrogens is 526 g/mol. The van der Waals surface area contributed by atoms with Gasteiger partial charge in [0.25, 0.3) is 0 Å². The predicted molar refractivity (Wildman–Crippen MR) is 144 cm³/mol. The molecule has 0 aromatic heterocycles. The highest BCUT2D eigenvalue weighted by molar-refractivity contribution is 5.96. The number of aliphatic hydroxyl groups is 1. The minimum atomic E-state index is -1.49. The maximum Gasteiger partial charge on any atom is 0.326 e. The molecule has 0 unspecified atom stereocenters. The number of nitrogens with zero attached hydrogens (tertiary/aromatic N) is 1. The number of nitrogens with one attached hydrogen (secondary N) is 3. The van der Waals surface area contributed by atoms with E-state index >= 15 is 0 Å². The van der Waals surface area contributed by atoms with Crippen LogP contribution in [0, 0.1) is 11.8 Å². The first-order valence-electron chi connectivity index (χ1n) is 13.6. The zero-order valence-electron chi connectivity index (χ0n) is 23.9. The Hall–Kier alpha value is -3.26. The topological polar surface area (TPSA) is 228 Å².